The van der Waals surface area contributed by atoms with Gasteiger partial charge in [-0.05, 0) is 17.5 Å². The van der Waals surface area contributed by atoms with E-state index in [1.165, 1.54) is 19.2 Å². The van der Waals surface area contributed by atoms with Gasteiger partial charge in [0.25, 0.3) is 0 Å². The lowest BCUT2D eigenvalue weighted by atomic mass is 10.0. The molecule has 1 unspecified atom stereocenters. The second kappa shape index (κ2) is 6.87. The van der Waals surface area contributed by atoms with Crippen LogP contribution in [-0.4, -0.2) is 25.0 Å². The van der Waals surface area contributed by atoms with E-state index in [2.05, 4.69) is 10.1 Å². The van der Waals surface area contributed by atoms with Crippen molar-refractivity contribution in [2.24, 2.45) is 5.92 Å². The highest BCUT2D eigenvalue weighted by atomic mass is 19.1. The van der Waals surface area contributed by atoms with Crippen LogP contribution in [0.15, 0.2) is 24.3 Å². The third-order valence-electron chi connectivity index (χ3n) is 2.75. The summed E-state index contributed by atoms with van der Waals surface area (Å²) in [5.41, 5.74) is 0.298. The maximum Gasteiger partial charge on any atom is 0.328 e. The molecule has 0 bridgehead atoms. The largest absolute Gasteiger partial charge is 0.467 e. The van der Waals surface area contributed by atoms with Crippen LogP contribution in [0.4, 0.5) is 4.39 Å². The third-order valence-corrected chi connectivity index (χ3v) is 2.75. The Balaban J connectivity index is 2.68. The Labute approximate surface area is 112 Å². The number of carbonyl (C=O) groups excluding carboxylic acids is 2. The van der Waals surface area contributed by atoms with Crippen LogP contribution in [0.2, 0.25) is 0 Å². The molecule has 1 aromatic rings. The summed E-state index contributed by atoms with van der Waals surface area (Å²) in [6, 6.07) is 5.33. The van der Waals surface area contributed by atoms with Gasteiger partial charge in [0.1, 0.15) is 11.9 Å². The lowest BCUT2D eigenvalue weighted by Crippen LogP contribution is -2.45. The van der Waals surface area contributed by atoms with Crippen LogP contribution in [0.3, 0.4) is 0 Å². The highest BCUT2D eigenvalue weighted by Gasteiger charge is 2.25. The Morgan fingerprint density at radius 1 is 1.32 bits per heavy atom. The van der Waals surface area contributed by atoms with Crippen molar-refractivity contribution in [3.8, 4) is 0 Å². The molecule has 1 aromatic carbocycles. The highest BCUT2D eigenvalue weighted by Crippen LogP contribution is 2.08. The molecule has 0 fully saturated rings. The maximum atomic E-state index is 13.4. The summed E-state index contributed by atoms with van der Waals surface area (Å²) in [6.45, 7) is 3.59. The van der Waals surface area contributed by atoms with E-state index in [-0.39, 0.29) is 12.3 Å². The Morgan fingerprint density at radius 3 is 2.47 bits per heavy atom. The molecule has 4 nitrogen and oxygen atoms in total. The van der Waals surface area contributed by atoms with E-state index in [0.717, 1.165) is 0 Å². The van der Waals surface area contributed by atoms with Gasteiger partial charge in [-0.25, -0.2) is 9.18 Å². The van der Waals surface area contributed by atoms with E-state index in [0.29, 0.717) is 5.56 Å². The summed E-state index contributed by atoms with van der Waals surface area (Å²) in [4.78, 5) is 23.3. The molecule has 1 atom stereocenters. The fourth-order valence-electron chi connectivity index (χ4n) is 1.66. The summed E-state index contributed by atoms with van der Waals surface area (Å²) >= 11 is 0. The van der Waals surface area contributed by atoms with Gasteiger partial charge < -0.3 is 10.1 Å². The normalized spacial score (nSPS) is 12.1. The van der Waals surface area contributed by atoms with E-state index in [4.69, 9.17) is 0 Å². The van der Waals surface area contributed by atoms with E-state index in [9.17, 15) is 14.0 Å². The summed E-state index contributed by atoms with van der Waals surface area (Å²) < 4.78 is 18.0. The van der Waals surface area contributed by atoms with Crippen molar-refractivity contribution in [2.75, 3.05) is 7.11 Å². The van der Waals surface area contributed by atoms with Crippen LogP contribution in [0.1, 0.15) is 19.4 Å². The number of esters is 1. The monoisotopic (exact) mass is 267 g/mol. The number of nitrogens with one attached hydrogen (secondary N) is 1. The third kappa shape index (κ3) is 4.35. The number of rotatable bonds is 5. The zero-order valence-corrected chi connectivity index (χ0v) is 11.3. The van der Waals surface area contributed by atoms with Crippen molar-refractivity contribution in [3.05, 3.63) is 35.6 Å². The standard InChI is InChI=1S/C14H18FNO3/c1-9(2)13(14(18)19-3)16-12(17)8-10-6-4-5-7-11(10)15/h4-7,9,13H,8H2,1-3H3,(H,16,17). The molecule has 0 spiro atoms. The molecule has 0 aromatic heterocycles. The topological polar surface area (TPSA) is 55.4 Å². The molecule has 1 rings (SSSR count). The van der Waals surface area contributed by atoms with Gasteiger partial charge in [-0.3, -0.25) is 4.79 Å². The van der Waals surface area contributed by atoms with Crippen LogP contribution in [-0.2, 0) is 20.7 Å². The van der Waals surface area contributed by atoms with Crippen LogP contribution in [0.5, 0.6) is 0 Å². The van der Waals surface area contributed by atoms with Gasteiger partial charge in [-0.2, -0.15) is 0 Å². The summed E-state index contributed by atoms with van der Waals surface area (Å²) in [6.07, 6.45) is -0.104. The first-order valence-electron chi connectivity index (χ1n) is 6.06. The zero-order valence-electron chi connectivity index (χ0n) is 11.3. The first-order chi connectivity index (χ1) is 8.95. The van der Waals surface area contributed by atoms with E-state index in [1.807, 2.05) is 0 Å². The van der Waals surface area contributed by atoms with Crippen molar-refractivity contribution in [1.29, 1.82) is 0 Å². The minimum Gasteiger partial charge on any atom is -0.467 e. The molecule has 0 aliphatic heterocycles. The number of amides is 1. The molecule has 104 valence electrons. The number of methoxy groups -OCH3 is 1. The van der Waals surface area contributed by atoms with Gasteiger partial charge in [0.05, 0.1) is 13.5 Å². The van der Waals surface area contributed by atoms with Gasteiger partial charge in [-0.15, -0.1) is 0 Å². The van der Waals surface area contributed by atoms with Crippen LogP contribution >= 0.6 is 0 Å². The fourth-order valence-corrected chi connectivity index (χ4v) is 1.66. The first kappa shape index (κ1) is 15.1. The number of hydrogen-bond acceptors (Lipinski definition) is 3. The van der Waals surface area contributed by atoms with Crippen LogP contribution in [0.25, 0.3) is 0 Å². The molecule has 0 heterocycles. The summed E-state index contributed by atoms with van der Waals surface area (Å²) in [7, 11) is 1.26. The molecule has 0 saturated heterocycles. The fraction of sp³-hybridized carbons (Fsp3) is 0.429. The molecule has 0 aliphatic carbocycles. The van der Waals surface area contributed by atoms with E-state index >= 15 is 0 Å². The molecule has 0 saturated carbocycles. The predicted molar refractivity (Wildman–Crippen MR) is 68.9 cm³/mol. The van der Waals surface area contributed by atoms with Crippen molar-refractivity contribution in [2.45, 2.75) is 26.3 Å². The molecular formula is C14H18FNO3. The minimum absolute atomic E-state index is 0.1000. The number of benzene rings is 1. The Kier molecular flexibility index (Phi) is 5.48. The van der Waals surface area contributed by atoms with E-state index in [1.54, 1.807) is 26.0 Å². The van der Waals surface area contributed by atoms with Gasteiger partial charge in [-0.1, -0.05) is 32.0 Å². The molecule has 5 heteroatoms. The van der Waals surface area contributed by atoms with Crippen molar-refractivity contribution >= 4 is 11.9 Å². The molecule has 1 amide bonds. The molecular weight excluding hydrogens is 249 g/mol. The second-order valence-corrected chi connectivity index (χ2v) is 4.58. The molecule has 0 radical (unpaired) electrons. The maximum absolute atomic E-state index is 13.4. The SMILES string of the molecule is COC(=O)C(NC(=O)Cc1ccccc1F)C(C)C. The summed E-state index contributed by atoms with van der Waals surface area (Å²) in [5.74, 6) is -1.44. The first-order valence-corrected chi connectivity index (χ1v) is 6.06. The molecule has 19 heavy (non-hydrogen) atoms. The van der Waals surface area contributed by atoms with Gasteiger partial charge in [0, 0.05) is 0 Å². The van der Waals surface area contributed by atoms with Crippen LogP contribution < -0.4 is 5.32 Å². The van der Waals surface area contributed by atoms with Gasteiger partial charge in [0.2, 0.25) is 5.91 Å². The van der Waals surface area contributed by atoms with Crippen molar-refractivity contribution < 1.29 is 18.7 Å². The number of halogens is 1. The average Bonchev–Trinajstić information content (AvgIpc) is 2.37. The van der Waals surface area contributed by atoms with Gasteiger partial charge in [0.15, 0.2) is 0 Å². The van der Waals surface area contributed by atoms with Crippen molar-refractivity contribution in [3.63, 3.8) is 0 Å². The predicted octanol–water partition coefficient (Wildman–Crippen LogP) is 1.68. The molecule has 0 aliphatic rings. The quantitative estimate of drug-likeness (QED) is 0.826. The Morgan fingerprint density at radius 2 is 1.95 bits per heavy atom. The van der Waals surface area contributed by atoms with E-state index < -0.39 is 23.7 Å². The number of carbonyl (C=O) groups is 2. The van der Waals surface area contributed by atoms with Gasteiger partial charge >= 0.3 is 5.97 Å². The minimum atomic E-state index is -0.718. The van der Waals surface area contributed by atoms with Crippen molar-refractivity contribution in [1.82, 2.24) is 5.32 Å². The number of ether oxygens (including phenoxy) is 1. The Hall–Kier alpha value is -1.91. The zero-order chi connectivity index (χ0) is 14.4. The number of hydrogen-bond donors (Lipinski definition) is 1. The van der Waals surface area contributed by atoms with Crippen LogP contribution in [0, 0.1) is 11.7 Å². The molecule has 1 N–H and O–H groups in total. The second-order valence-electron chi connectivity index (χ2n) is 4.58. The lowest BCUT2D eigenvalue weighted by molar-refractivity contribution is -0.146. The smallest absolute Gasteiger partial charge is 0.328 e. The lowest BCUT2D eigenvalue weighted by Gasteiger charge is -2.19. The highest BCUT2D eigenvalue weighted by molar-refractivity contribution is 5.85. The Bertz CT molecular complexity index is 460. The average molecular weight is 267 g/mol. The summed E-state index contributed by atoms with van der Waals surface area (Å²) in [5, 5.41) is 2.56.